The van der Waals surface area contributed by atoms with Gasteiger partial charge in [-0.25, -0.2) is 0 Å². The van der Waals surface area contributed by atoms with E-state index < -0.39 is 0 Å². The number of hydrogen-bond donors (Lipinski definition) is 1. The highest BCUT2D eigenvalue weighted by atomic mass is 16.5. The first kappa shape index (κ1) is 16.7. The third kappa shape index (κ3) is 3.96. The molecule has 2 saturated heterocycles. The predicted molar refractivity (Wildman–Crippen MR) is 84.3 cm³/mol. The maximum absolute atomic E-state index is 12.7. The molecule has 0 bridgehead atoms. The van der Waals surface area contributed by atoms with Gasteiger partial charge in [-0.1, -0.05) is 6.92 Å². The Morgan fingerprint density at radius 1 is 1.33 bits per heavy atom. The predicted octanol–water partition coefficient (Wildman–Crippen LogP) is 0.942. The summed E-state index contributed by atoms with van der Waals surface area (Å²) in [6, 6.07) is 1.17. The Morgan fingerprint density at radius 2 is 2.00 bits per heavy atom. The van der Waals surface area contributed by atoms with Crippen LogP contribution < -0.4 is 5.32 Å². The Bertz CT molecular complexity index is 340. The number of likely N-dealkylation sites (N-methyl/N-ethyl adjacent to an activating group) is 1. The minimum Gasteiger partial charge on any atom is -0.379 e. The van der Waals surface area contributed by atoms with E-state index in [9.17, 15) is 4.79 Å². The molecule has 0 aromatic rings. The molecule has 0 aliphatic carbocycles. The molecule has 0 radical (unpaired) electrons. The first-order valence-electron chi connectivity index (χ1n) is 8.36. The highest BCUT2D eigenvalue weighted by Crippen LogP contribution is 2.22. The molecule has 2 heterocycles. The van der Waals surface area contributed by atoms with E-state index in [1.165, 1.54) is 0 Å². The lowest BCUT2D eigenvalue weighted by Crippen LogP contribution is -2.51. The fourth-order valence-electron chi connectivity index (χ4n) is 3.49. The van der Waals surface area contributed by atoms with E-state index in [0.717, 1.165) is 32.5 Å². The average Bonchev–Trinajstić information content (AvgIpc) is 2.94. The van der Waals surface area contributed by atoms with Gasteiger partial charge in [0.25, 0.3) is 0 Å². The zero-order valence-corrected chi connectivity index (χ0v) is 14.0. The van der Waals surface area contributed by atoms with Crippen LogP contribution in [0.2, 0.25) is 0 Å². The van der Waals surface area contributed by atoms with Crippen molar-refractivity contribution in [2.24, 2.45) is 5.92 Å². The molecule has 2 aliphatic rings. The van der Waals surface area contributed by atoms with Crippen LogP contribution in [0.4, 0.5) is 0 Å². The number of amides is 1. The first-order chi connectivity index (χ1) is 10.0. The smallest absolute Gasteiger partial charge is 0.229 e. The number of carbonyl (C=O) groups is 1. The maximum Gasteiger partial charge on any atom is 0.229 e. The molecule has 5 heteroatoms. The third-order valence-electron chi connectivity index (χ3n) is 4.99. The molecule has 2 aliphatic heterocycles. The summed E-state index contributed by atoms with van der Waals surface area (Å²) in [6.45, 7) is 10.8. The number of nitrogens with one attached hydrogen (secondary N) is 1. The molecule has 2 atom stereocenters. The fourth-order valence-corrected chi connectivity index (χ4v) is 3.49. The lowest BCUT2D eigenvalue weighted by molar-refractivity contribution is -0.137. The van der Waals surface area contributed by atoms with Crippen LogP contribution in [0.25, 0.3) is 0 Å². The minimum atomic E-state index is -0.0157. The summed E-state index contributed by atoms with van der Waals surface area (Å²) in [5.41, 5.74) is 0. The normalized spacial score (nSPS) is 28.2. The van der Waals surface area contributed by atoms with Gasteiger partial charge in [0, 0.05) is 38.3 Å². The number of likely N-dealkylation sites (tertiary alicyclic amines) is 1. The minimum absolute atomic E-state index is 0.0157. The van der Waals surface area contributed by atoms with Crippen molar-refractivity contribution in [2.45, 2.75) is 51.7 Å². The quantitative estimate of drug-likeness (QED) is 0.820. The molecule has 2 rings (SSSR count). The van der Waals surface area contributed by atoms with Gasteiger partial charge in [-0.15, -0.1) is 0 Å². The number of hydrogen-bond acceptors (Lipinski definition) is 4. The zero-order chi connectivity index (χ0) is 15.4. The molecule has 0 spiro atoms. The summed E-state index contributed by atoms with van der Waals surface area (Å²) in [6.07, 6.45) is 2.17. The molecule has 2 unspecified atom stereocenters. The summed E-state index contributed by atoms with van der Waals surface area (Å²) in [5, 5.41) is 3.37. The van der Waals surface area contributed by atoms with E-state index in [2.05, 4.69) is 31.0 Å². The van der Waals surface area contributed by atoms with Crippen LogP contribution in [0.5, 0.6) is 0 Å². The summed E-state index contributed by atoms with van der Waals surface area (Å²) >= 11 is 0. The summed E-state index contributed by atoms with van der Waals surface area (Å²) in [7, 11) is 1.97. The Kier molecular flexibility index (Phi) is 6.02. The van der Waals surface area contributed by atoms with Gasteiger partial charge in [0.1, 0.15) is 0 Å². The summed E-state index contributed by atoms with van der Waals surface area (Å²) < 4.78 is 5.51. The molecular formula is C16H31N3O2. The van der Waals surface area contributed by atoms with E-state index in [1.807, 2.05) is 11.9 Å². The molecule has 0 saturated carbocycles. The maximum atomic E-state index is 12.7. The Hall–Kier alpha value is -0.650. The number of ether oxygens (including phenoxy) is 1. The largest absolute Gasteiger partial charge is 0.379 e. The van der Waals surface area contributed by atoms with Crippen molar-refractivity contribution in [3.05, 3.63) is 0 Å². The summed E-state index contributed by atoms with van der Waals surface area (Å²) in [5.74, 6) is 0.236. The molecule has 1 N–H and O–H groups in total. The second-order valence-electron chi connectivity index (χ2n) is 6.62. The lowest BCUT2D eigenvalue weighted by Gasteiger charge is -2.39. The molecule has 1 amide bonds. The Labute approximate surface area is 129 Å². The highest BCUT2D eigenvalue weighted by molar-refractivity contribution is 5.80. The van der Waals surface area contributed by atoms with Gasteiger partial charge in [-0.2, -0.15) is 0 Å². The lowest BCUT2D eigenvalue weighted by atomic mass is 9.97. The Balaban J connectivity index is 1.88. The number of nitrogens with zero attached hydrogens (tertiary/aromatic N) is 2. The van der Waals surface area contributed by atoms with Crippen LogP contribution in [-0.2, 0) is 9.53 Å². The van der Waals surface area contributed by atoms with Gasteiger partial charge in [0.15, 0.2) is 0 Å². The highest BCUT2D eigenvalue weighted by Gasteiger charge is 2.37. The van der Waals surface area contributed by atoms with Crippen LogP contribution in [0.1, 0.15) is 33.6 Å². The van der Waals surface area contributed by atoms with Gasteiger partial charge < -0.3 is 19.9 Å². The standard InChI is InChI=1S/C16H31N3O2/c1-5-17-15-11-21-10-14(15)16(20)18(4)13-6-8-19(9-7-13)12(2)3/h12-15,17H,5-11H2,1-4H3. The topological polar surface area (TPSA) is 44.8 Å². The van der Waals surface area contributed by atoms with Crippen LogP contribution in [0, 0.1) is 5.92 Å². The van der Waals surface area contributed by atoms with E-state index in [-0.39, 0.29) is 17.9 Å². The van der Waals surface area contributed by atoms with Crippen molar-refractivity contribution >= 4 is 5.91 Å². The van der Waals surface area contributed by atoms with Gasteiger partial charge >= 0.3 is 0 Å². The van der Waals surface area contributed by atoms with Gasteiger partial charge in [0.2, 0.25) is 5.91 Å². The van der Waals surface area contributed by atoms with E-state index in [4.69, 9.17) is 4.74 Å². The molecule has 21 heavy (non-hydrogen) atoms. The van der Waals surface area contributed by atoms with Crippen LogP contribution in [0.15, 0.2) is 0 Å². The van der Waals surface area contributed by atoms with Gasteiger partial charge in [0.05, 0.1) is 19.1 Å². The SMILES string of the molecule is CCNC1COCC1C(=O)N(C)C1CCN(C(C)C)CC1. The number of carbonyl (C=O) groups excluding carboxylic acids is 1. The molecular weight excluding hydrogens is 266 g/mol. The van der Waals surface area contributed by atoms with Crippen molar-refractivity contribution < 1.29 is 9.53 Å². The van der Waals surface area contributed by atoms with Crippen LogP contribution in [-0.4, -0.2) is 73.7 Å². The molecule has 2 fully saturated rings. The van der Waals surface area contributed by atoms with Crippen molar-refractivity contribution in [3.8, 4) is 0 Å². The second-order valence-corrected chi connectivity index (χ2v) is 6.62. The van der Waals surface area contributed by atoms with E-state index in [0.29, 0.717) is 25.3 Å². The van der Waals surface area contributed by atoms with Crippen molar-refractivity contribution in [1.29, 1.82) is 0 Å². The molecule has 122 valence electrons. The van der Waals surface area contributed by atoms with Gasteiger partial charge in [-0.05, 0) is 33.2 Å². The number of piperidine rings is 1. The average molecular weight is 297 g/mol. The Morgan fingerprint density at radius 3 is 2.57 bits per heavy atom. The number of rotatable bonds is 5. The fraction of sp³-hybridized carbons (Fsp3) is 0.938. The third-order valence-corrected chi connectivity index (χ3v) is 4.99. The molecule has 0 aromatic carbocycles. The molecule has 0 aromatic heterocycles. The second kappa shape index (κ2) is 7.56. The van der Waals surface area contributed by atoms with Crippen molar-refractivity contribution in [1.82, 2.24) is 15.1 Å². The summed E-state index contributed by atoms with van der Waals surface area (Å²) in [4.78, 5) is 17.2. The monoisotopic (exact) mass is 297 g/mol. The van der Waals surface area contributed by atoms with Crippen molar-refractivity contribution in [2.75, 3.05) is 39.9 Å². The van der Waals surface area contributed by atoms with Crippen LogP contribution >= 0.6 is 0 Å². The molecule has 5 nitrogen and oxygen atoms in total. The van der Waals surface area contributed by atoms with E-state index >= 15 is 0 Å². The van der Waals surface area contributed by atoms with E-state index in [1.54, 1.807) is 0 Å². The zero-order valence-electron chi connectivity index (χ0n) is 14.0. The van der Waals surface area contributed by atoms with Gasteiger partial charge in [-0.3, -0.25) is 4.79 Å². The van der Waals surface area contributed by atoms with Crippen LogP contribution in [0.3, 0.4) is 0 Å². The van der Waals surface area contributed by atoms with Crippen molar-refractivity contribution in [3.63, 3.8) is 0 Å². The first-order valence-corrected chi connectivity index (χ1v) is 8.36.